The van der Waals surface area contributed by atoms with E-state index in [1.54, 1.807) is 12.1 Å². The maximum atomic E-state index is 13.7. The summed E-state index contributed by atoms with van der Waals surface area (Å²) in [6.45, 7) is 4.36. The molecule has 0 spiro atoms. The van der Waals surface area contributed by atoms with E-state index < -0.39 is 0 Å². The van der Waals surface area contributed by atoms with Crippen molar-refractivity contribution in [3.8, 4) is 0 Å². The molecule has 2 heteroatoms. The van der Waals surface area contributed by atoms with E-state index >= 15 is 0 Å². The minimum atomic E-state index is -0.0621. The first-order valence-electron chi connectivity index (χ1n) is 7.71. The van der Waals surface area contributed by atoms with Crippen LogP contribution in [0.3, 0.4) is 0 Å². The third-order valence-corrected chi connectivity index (χ3v) is 4.62. The zero-order valence-corrected chi connectivity index (χ0v) is 12.6. The number of rotatable bonds is 4. The predicted octanol–water partition coefficient (Wildman–Crippen LogP) is 4.73. The normalized spacial score (nSPS) is 22.6. The summed E-state index contributed by atoms with van der Waals surface area (Å²) >= 11 is 0. The summed E-state index contributed by atoms with van der Waals surface area (Å²) in [6.07, 6.45) is 2.05. The first-order chi connectivity index (χ1) is 10.1. The fraction of sp³-hybridized carbons (Fsp3) is 0.368. The van der Waals surface area contributed by atoms with Gasteiger partial charge in [-0.1, -0.05) is 42.5 Å². The van der Waals surface area contributed by atoms with Crippen LogP contribution in [-0.4, -0.2) is 6.04 Å². The maximum absolute atomic E-state index is 13.7. The highest BCUT2D eigenvalue weighted by Gasteiger charge is 2.32. The summed E-state index contributed by atoms with van der Waals surface area (Å²) in [4.78, 5) is 0. The lowest BCUT2D eigenvalue weighted by atomic mass is 9.75. The van der Waals surface area contributed by atoms with Crippen molar-refractivity contribution >= 4 is 0 Å². The predicted molar refractivity (Wildman–Crippen MR) is 84.9 cm³/mol. The van der Waals surface area contributed by atoms with Gasteiger partial charge >= 0.3 is 0 Å². The van der Waals surface area contributed by atoms with Crippen molar-refractivity contribution in [1.29, 1.82) is 0 Å². The number of hydrogen-bond acceptors (Lipinski definition) is 1. The molecular weight excluding hydrogens is 261 g/mol. The highest BCUT2D eigenvalue weighted by molar-refractivity contribution is 5.29. The molecule has 1 aliphatic carbocycles. The third kappa shape index (κ3) is 3.01. The van der Waals surface area contributed by atoms with Gasteiger partial charge in [0.15, 0.2) is 0 Å². The molecule has 1 aliphatic rings. The van der Waals surface area contributed by atoms with E-state index in [0.717, 1.165) is 18.4 Å². The molecule has 0 heterocycles. The Hall–Kier alpha value is -1.67. The lowest BCUT2D eigenvalue weighted by Crippen LogP contribution is -2.41. The minimum Gasteiger partial charge on any atom is -0.307 e. The Kier molecular flexibility index (Phi) is 4.07. The molecule has 21 heavy (non-hydrogen) atoms. The Balaban J connectivity index is 1.58. The standard InChI is InChI=1S/C19H22FN/c1-13-7-3-4-8-17(13)14(2)21-16-11-15(12-16)18-9-5-6-10-19(18)20/h3-10,14-16,21H,11-12H2,1-2H3. The Bertz CT molecular complexity index is 616. The number of nitrogens with one attached hydrogen (secondary N) is 1. The lowest BCUT2D eigenvalue weighted by Gasteiger charge is -2.38. The minimum absolute atomic E-state index is 0.0621. The molecule has 0 saturated heterocycles. The second kappa shape index (κ2) is 5.98. The molecular formula is C19H22FN. The molecule has 0 aromatic heterocycles. The largest absolute Gasteiger partial charge is 0.307 e. The first-order valence-corrected chi connectivity index (χ1v) is 7.71. The van der Waals surface area contributed by atoms with Crippen molar-refractivity contribution in [3.05, 3.63) is 71.0 Å². The van der Waals surface area contributed by atoms with Gasteiger partial charge in [-0.2, -0.15) is 0 Å². The molecule has 2 aromatic rings. The SMILES string of the molecule is Cc1ccccc1C(C)NC1CC(c2ccccc2F)C1. The van der Waals surface area contributed by atoms with E-state index in [-0.39, 0.29) is 5.82 Å². The molecule has 110 valence electrons. The molecule has 3 rings (SSSR count). The highest BCUT2D eigenvalue weighted by Crippen LogP contribution is 2.39. The number of aryl methyl sites for hydroxylation is 1. The van der Waals surface area contributed by atoms with E-state index in [2.05, 4.69) is 43.4 Å². The maximum Gasteiger partial charge on any atom is 0.126 e. The van der Waals surface area contributed by atoms with Crippen LogP contribution in [-0.2, 0) is 0 Å². The van der Waals surface area contributed by atoms with Crippen LogP contribution >= 0.6 is 0 Å². The van der Waals surface area contributed by atoms with Gasteiger partial charge in [0.05, 0.1) is 0 Å². The van der Waals surface area contributed by atoms with Crippen LogP contribution in [0.2, 0.25) is 0 Å². The molecule has 1 fully saturated rings. The smallest absolute Gasteiger partial charge is 0.126 e. The van der Waals surface area contributed by atoms with E-state index in [4.69, 9.17) is 0 Å². The zero-order chi connectivity index (χ0) is 14.8. The van der Waals surface area contributed by atoms with Gasteiger partial charge in [0.25, 0.3) is 0 Å². The Morgan fingerprint density at radius 3 is 2.43 bits per heavy atom. The number of hydrogen-bond donors (Lipinski definition) is 1. The van der Waals surface area contributed by atoms with Crippen LogP contribution < -0.4 is 5.32 Å². The van der Waals surface area contributed by atoms with Crippen LogP contribution in [0, 0.1) is 12.7 Å². The van der Waals surface area contributed by atoms with Crippen molar-refractivity contribution in [2.75, 3.05) is 0 Å². The van der Waals surface area contributed by atoms with E-state index in [9.17, 15) is 4.39 Å². The molecule has 1 N–H and O–H groups in total. The van der Waals surface area contributed by atoms with E-state index in [1.807, 2.05) is 12.1 Å². The molecule has 0 amide bonds. The van der Waals surface area contributed by atoms with Gasteiger partial charge in [0.2, 0.25) is 0 Å². The van der Waals surface area contributed by atoms with Crippen LogP contribution in [0.25, 0.3) is 0 Å². The van der Waals surface area contributed by atoms with Crippen molar-refractivity contribution in [2.45, 2.75) is 44.7 Å². The molecule has 0 bridgehead atoms. The fourth-order valence-corrected chi connectivity index (χ4v) is 3.33. The fourth-order valence-electron chi connectivity index (χ4n) is 3.33. The number of benzene rings is 2. The molecule has 2 aromatic carbocycles. The molecule has 0 radical (unpaired) electrons. The Morgan fingerprint density at radius 1 is 1.05 bits per heavy atom. The van der Waals surface area contributed by atoms with Crippen molar-refractivity contribution in [2.24, 2.45) is 0 Å². The van der Waals surface area contributed by atoms with Gasteiger partial charge < -0.3 is 5.32 Å². The average Bonchev–Trinajstić information content (AvgIpc) is 2.44. The summed E-state index contributed by atoms with van der Waals surface area (Å²) in [5.41, 5.74) is 3.55. The molecule has 0 aliphatic heterocycles. The van der Waals surface area contributed by atoms with Gasteiger partial charge in [-0.05, 0) is 55.4 Å². The monoisotopic (exact) mass is 283 g/mol. The van der Waals surface area contributed by atoms with Crippen LogP contribution in [0.4, 0.5) is 4.39 Å². The molecule has 1 saturated carbocycles. The van der Waals surface area contributed by atoms with Crippen molar-refractivity contribution < 1.29 is 4.39 Å². The van der Waals surface area contributed by atoms with Crippen LogP contribution in [0.15, 0.2) is 48.5 Å². The summed E-state index contributed by atoms with van der Waals surface area (Å²) < 4.78 is 13.7. The summed E-state index contributed by atoms with van der Waals surface area (Å²) in [7, 11) is 0. The average molecular weight is 283 g/mol. The van der Waals surface area contributed by atoms with Gasteiger partial charge in [-0.25, -0.2) is 4.39 Å². The quantitative estimate of drug-likeness (QED) is 0.855. The summed E-state index contributed by atoms with van der Waals surface area (Å²) in [5, 5.41) is 3.67. The summed E-state index contributed by atoms with van der Waals surface area (Å²) in [6, 6.07) is 16.5. The third-order valence-electron chi connectivity index (χ3n) is 4.62. The second-order valence-electron chi connectivity index (χ2n) is 6.13. The van der Waals surface area contributed by atoms with Gasteiger partial charge in [-0.3, -0.25) is 0 Å². The molecule has 1 atom stereocenters. The Morgan fingerprint density at radius 2 is 1.71 bits per heavy atom. The lowest BCUT2D eigenvalue weighted by molar-refractivity contribution is 0.266. The van der Waals surface area contributed by atoms with Crippen molar-refractivity contribution in [1.82, 2.24) is 5.32 Å². The van der Waals surface area contributed by atoms with Gasteiger partial charge in [0, 0.05) is 12.1 Å². The highest BCUT2D eigenvalue weighted by atomic mass is 19.1. The van der Waals surface area contributed by atoms with Crippen molar-refractivity contribution in [3.63, 3.8) is 0 Å². The van der Waals surface area contributed by atoms with E-state index in [1.165, 1.54) is 11.1 Å². The molecule has 1 nitrogen and oxygen atoms in total. The van der Waals surface area contributed by atoms with Crippen LogP contribution in [0.5, 0.6) is 0 Å². The van der Waals surface area contributed by atoms with E-state index in [0.29, 0.717) is 18.0 Å². The van der Waals surface area contributed by atoms with Gasteiger partial charge in [-0.15, -0.1) is 0 Å². The zero-order valence-electron chi connectivity index (χ0n) is 12.6. The molecule has 1 unspecified atom stereocenters. The second-order valence-corrected chi connectivity index (χ2v) is 6.13. The van der Waals surface area contributed by atoms with Crippen LogP contribution in [0.1, 0.15) is 48.4 Å². The van der Waals surface area contributed by atoms with Gasteiger partial charge in [0.1, 0.15) is 5.82 Å². The first kappa shape index (κ1) is 14.3. The number of halogens is 1. The summed E-state index contributed by atoms with van der Waals surface area (Å²) in [5.74, 6) is 0.306. The topological polar surface area (TPSA) is 12.0 Å². The Labute approximate surface area is 126 Å².